The van der Waals surface area contributed by atoms with Gasteiger partial charge in [0.1, 0.15) is 6.04 Å². The van der Waals surface area contributed by atoms with Gasteiger partial charge in [0, 0.05) is 24.8 Å². The number of carbonyl (C=O) groups is 2. The molecule has 1 aromatic rings. The second-order valence-corrected chi connectivity index (χ2v) is 4.62. The Bertz CT molecular complexity index is 478. The highest BCUT2D eigenvalue weighted by Crippen LogP contribution is 2.31. The van der Waals surface area contributed by atoms with Gasteiger partial charge in [0.25, 0.3) is 5.91 Å². The fraction of sp³-hybridized carbons (Fsp3) is 0.545. The van der Waals surface area contributed by atoms with Crippen molar-refractivity contribution in [3.63, 3.8) is 0 Å². The topological polar surface area (TPSA) is 67.2 Å². The zero-order valence-electron chi connectivity index (χ0n) is 9.59. The molecule has 1 saturated heterocycles. The molecule has 0 bridgehead atoms. The lowest BCUT2D eigenvalue weighted by atomic mass is 9.91. The van der Waals surface area contributed by atoms with E-state index < -0.39 is 6.04 Å². The van der Waals surface area contributed by atoms with Gasteiger partial charge in [-0.05, 0) is 19.3 Å². The number of carbonyl (C=O) groups excluding carboxylic acids is 2. The van der Waals surface area contributed by atoms with E-state index in [1.165, 1.54) is 4.90 Å². The summed E-state index contributed by atoms with van der Waals surface area (Å²) in [6.45, 7) is 0. The molecule has 90 valence electrons. The van der Waals surface area contributed by atoms with Crippen LogP contribution in [0.4, 0.5) is 4.79 Å². The van der Waals surface area contributed by atoms with E-state index in [-0.39, 0.29) is 18.0 Å². The molecule has 1 aliphatic carbocycles. The van der Waals surface area contributed by atoms with Crippen LogP contribution in [-0.4, -0.2) is 32.7 Å². The molecule has 0 radical (unpaired) electrons. The van der Waals surface area contributed by atoms with Crippen LogP contribution in [0.2, 0.25) is 0 Å². The Morgan fingerprint density at radius 1 is 1.41 bits per heavy atom. The molecule has 1 saturated carbocycles. The third-order valence-electron chi connectivity index (χ3n) is 3.47. The highest BCUT2D eigenvalue weighted by atomic mass is 16.2. The molecule has 3 amide bonds. The van der Waals surface area contributed by atoms with Crippen LogP contribution >= 0.6 is 0 Å². The molecule has 3 rings (SSSR count). The minimum atomic E-state index is -0.559. The zero-order valence-corrected chi connectivity index (χ0v) is 9.59. The predicted molar refractivity (Wildman–Crippen MR) is 59.0 cm³/mol. The van der Waals surface area contributed by atoms with Gasteiger partial charge in [0.2, 0.25) is 0 Å². The summed E-state index contributed by atoms with van der Waals surface area (Å²) in [5.74, 6) is -0.146. The molecule has 6 nitrogen and oxygen atoms in total. The van der Waals surface area contributed by atoms with Crippen molar-refractivity contribution in [3.8, 4) is 0 Å². The predicted octanol–water partition coefficient (Wildman–Crippen LogP) is 0.565. The number of imide groups is 1. The lowest BCUT2D eigenvalue weighted by molar-refractivity contribution is -0.130. The van der Waals surface area contributed by atoms with Crippen LogP contribution in [0.1, 0.15) is 30.9 Å². The number of amides is 3. The van der Waals surface area contributed by atoms with Crippen molar-refractivity contribution in [2.24, 2.45) is 7.05 Å². The molecule has 6 heteroatoms. The highest BCUT2D eigenvalue weighted by Gasteiger charge is 2.44. The number of aromatic nitrogens is 2. The van der Waals surface area contributed by atoms with Gasteiger partial charge in [0.15, 0.2) is 0 Å². The molecule has 0 aromatic carbocycles. The van der Waals surface area contributed by atoms with Crippen molar-refractivity contribution in [2.45, 2.75) is 31.3 Å². The molecule has 1 unspecified atom stereocenters. The van der Waals surface area contributed by atoms with Crippen LogP contribution in [-0.2, 0) is 11.8 Å². The van der Waals surface area contributed by atoms with Crippen LogP contribution in [0.5, 0.6) is 0 Å². The molecule has 0 spiro atoms. The lowest BCUT2D eigenvalue weighted by Gasteiger charge is -2.32. The Labute approximate surface area is 98.6 Å². The van der Waals surface area contributed by atoms with Crippen LogP contribution in [0.15, 0.2) is 12.4 Å². The van der Waals surface area contributed by atoms with Gasteiger partial charge in [-0.3, -0.25) is 14.4 Å². The van der Waals surface area contributed by atoms with Crippen molar-refractivity contribution in [1.82, 2.24) is 20.0 Å². The van der Waals surface area contributed by atoms with E-state index in [1.54, 1.807) is 24.1 Å². The maximum atomic E-state index is 12.2. The third-order valence-corrected chi connectivity index (χ3v) is 3.47. The number of rotatable bonds is 2. The van der Waals surface area contributed by atoms with E-state index >= 15 is 0 Å². The number of nitrogens with one attached hydrogen (secondary N) is 1. The van der Waals surface area contributed by atoms with E-state index in [1.807, 2.05) is 0 Å². The number of hydrogen-bond donors (Lipinski definition) is 1. The van der Waals surface area contributed by atoms with Gasteiger partial charge in [-0.2, -0.15) is 5.10 Å². The Morgan fingerprint density at radius 3 is 2.71 bits per heavy atom. The van der Waals surface area contributed by atoms with Gasteiger partial charge in [-0.1, -0.05) is 0 Å². The average Bonchev–Trinajstić information content (AvgIpc) is 2.74. The average molecular weight is 234 g/mol. The molecule has 1 aromatic heterocycles. The monoisotopic (exact) mass is 234 g/mol. The van der Waals surface area contributed by atoms with Gasteiger partial charge in [-0.15, -0.1) is 0 Å². The number of hydrogen-bond acceptors (Lipinski definition) is 3. The van der Waals surface area contributed by atoms with Crippen molar-refractivity contribution < 1.29 is 9.59 Å². The molecule has 1 aliphatic heterocycles. The smallest absolute Gasteiger partial charge is 0.322 e. The summed E-state index contributed by atoms with van der Waals surface area (Å²) in [5, 5.41) is 6.74. The number of aryl methyl sites for hydroxylation is 1. The van der Waals surface area contributed by atoms with E-state index in [9.17, 15) is 9.59 Å². The molecular weight excluding hydrogens is 220 g/mol. The minimum absolute atomic E-state index is 0.101. The molecular formula is C11H14N4O2. The maximum Gasteiger partial charge on any atom is 0.325 e. The fourth-order valence-electron chi connectivity index (χ4n) is 2.30. The first-order valence-electron chi connectivity index (χ1n) is 5.79. The number of nitrogens with zero attached hydrogens (tertiary/aromatic N) is 3. The third kappa shape index (κ3) is 1.51. The summed E-state index contributed by atoms with van der Waals surface area (Å²) >= 11 is 0. The molecule has 17 heavy (non-hydrogen) atoms. The lowest BCUT2D eigenvalue weighted by Crippen LogP contribution is -2.44. The van der Waals surface area contributed by atoms with Gasteiger partial charge in [0.05, 0.1) is 6.20 Å². The van der Waals surface area contributed by atoms with Gasteiger partial charge < -0.3 is 5.32 Å². The fourth-order valence-corrected chi connectivity index (χ4v) is 2.30. The first-order valence-corrected chi connectivity index (χ1v) is 5.79. The molecule has 2 fully saturated rings. The molecule has 1 N–H and O–H groups in total. The molecule has 1 atom stereocenters. The normalized spacial score (nSPS) is 25.0. The SMILES string of the molecule is Cn1cc(C2NC(=O)N(C3CCC3)C2=O)cn1. The first kappa shape index (κ1) is 10.3. The van der Waals surface area contributed by atoms with E-state index in [4.69, 9.17) is 0 Å². The Morgan fingerprint density at radius 2 is 2.18 bits per heavy atom. The second kappa shape index (κ2) is 3.58. The van der Waals surface area contributed by atoms with Crippen LogP contribution in [0.25, 0.3) is 0 Å². The zero-order chi connectivity index (χ0) is 12.0. The molecule has 2 heterocycles. The van der Waals surface area contributed by atoms with Crippen molar-refractivity contribution in [1.29, 1.82) is 0 Å². The van der Waals surface area contributed by atoms with Crippen molar-refractivity contribution in [2.75, 3.05) is 0 Å². The van der Waals surface area contributed by atoms with E-state index in [0.29, 0.717) is 0 Å². The molecule has 2 aliphatic rings. The van der Waals surface area contributed by atoms with E-state index in [0.717, 1.165) is 24.8 Å². The Kier molecular flexibility index (Phi) is 2.17. The van der Waals surface area contributed by atoms with Crippen LogP contribution in [0, 0.1) is 0 Å². The number of urea groups is 1. The minimum Gasteiger partial charge on any atom is -0.322 e. The standard InChI is InChI=1S/C11H14N4O2/c1-14-6-7(5-12-14)9-10(16)15(11(17)13-9)8-3-2-4-8/h5-6,8-9H,2-4H2,1H3,(H,13,17). The summed E-state index contributed by atoms with van der Waals surface area (Å²) < 4.78 is 1.63. The highest BCUT2D eigenvalue weighted by molar-refractivity contribution is 6.05. The summed E-state index contributed by atoms with van der Waals surface area (Å²) in [6.07, 6.45) is 6.33. The van der Waals surface area contributed by atoms with Crippen molar-refractivity contribution in [3.05, 3.63) is 18.0 Å². The Hall–Kier alpha value is -1.85. The quantitative estimate of drug-likeness (QED) is 0.760. The Balaban J connectivity index is 1.84. The van der Waals surface area contributed by atoms with E-state index in [2.05, 4.69) is 10.4 Å². The van der Waals surface area contributed by atoms with Crippen LogP contribution in [0.3, 0.4) is 0 Å². The maximum absolute atomic E-state index is 12.2. The summed E-state index contributed by atoms with van der Waals surface area (Å²) in [7, 11) is 1.79. The van der Waals surface area contributed by atoms with Gasteiger partial charge >= 0.3 is 6.03 Å². The van der Waals surface area contributed by atoms with Gasteiger partial charge in [-0.25, -0.2) is 4.79 Å². The largest absolute Gasteiger partial charge is 0.325 e. The summed E-state index contributed by atoms with van der Waals surface area (Å²) in [4.78, 5) is 25.3. The second-order valence-electron chi connectivity index (χ2n) is 4.62. The van der Waals surface area contributed by atoms with Crippen molar-refractivity contribution >= 4 is 11.9 Å². The first-order chi connectivity index (χ1) is 8.16. The summed E-state index contributed by atoms with van der Waals surface area (Å²) in [6, 6.07) is -0.727. The van der Waals surface area contributed by atoms with Crippen LogP contribution < -0.4 is 5.32 Å². The summed E-state index contributed by atoms with van der Waals surface area (Å²) in [5.41, 5.74) is 0.743.